The Labute approximate surface area is 186 Å². The van der Waals surface area contributed by atoms with Gasteiger partial charge in [0.25, 0.3) is 5.24 Å². The van der Waals surface area contributed by atoms with Gasteiger partial charge >= 0.3 is 6.03 Å². The maximum atomic E-state index is 12.7. The Morgan fingerprint density at radius 2 is 1.77 bits per heavy atom. The summed E-state index contributed by atoms with van der Waals surface area (Å²) in [5.74, 6) is 0.0448. The largest absolute Gasteiger partial charge is 0.371 e. The van der Waals surface area contributed by atoms with Crippen molar-refractivity contribution in [1.82, 2.24) is 9.80 Å². The Bertz CT molecular complexity index is 957. The molecule has 0 bridgehead atoms. The van der Waals surface area contributed by atoms with Gasteiger partial charge in [-0.2, -0.15) is 0 Å². The van der Waals surface area contributed by atoms with E-state index in [2.05, 4.69) is 22.3 Å². The third kappa shape index (κ3) is 5.02. The molecule has 8 heteroatoms. The third-order valence-corrected chi connectivity index (χ3v) is 6.44. The zero-order chi connectivity index (χ0) is 21.8. The summed E-state index contributed by atoms with van der Waals surface area (Å²) in [5, 5.41) is 2.70. The van der Waals surface area contributed by atoms with Gasteiger partial charge in [-0.05, 0) is 42.2 Å². The molecule has 2 aliphatic rings. The molecular formula is C23H26N4O3S. The molecule has 162 valence electrons. The van der Waals surface area contributed by atoms with Crippen molar-refractivity contribution < 1.29 is 14.4 Å². The highest BCUT2D eigenvalue weighted by Gasteiger charge is 2.29. The van der Waals surface area contributed by atoms with Gasteiger partial charge in [-0.25, -0.2) is 4.79 Å². The molecule has 0 aliphatic carbocycles. The number of nitrogens with zero attached hydrogens (tertiary/aromatic N) is 3. The standard InChI is InChI=1S/C23H26N4O3S/c1-25(15-18-6-2-3-7-20(18)26-12-4-5-13-26)22(29)24-19-10-8-17(9-11-19)14-27-21(28)16-31-23(27)30/h2-3,6-11H,4-5,12-16H2,1H3,(H,24,29). The lowest BCUT2D eigenvalue weighted by atomic mass is 10.1. The summed E-state index contributed by atoms with van der Waals surface area (Å²) < 4.78 is 0. The molecule has 2 aliphatic heterocycles. The molecule has 2 fully saturated rings. The van der Waals surface area contributed by atoms with E-state index in [0.717, 1.165) is 36.0 Å². The van der Waals surface area contributed by atoms with Gasteiger partial charge in [-0.3, -0.25) is 14.5 Å². The molecule has 0 radical (unpaired) electrons. The Morgan fingerprint density at radius 1 is 1.06 bits per heavy atom. The molecule has 0 atom stereocenters. The molecule has 0 spiro atoms. The van der Waals surface area contributed by atoms with Crippen LogP contribution in [0.5, 0.6) is 0 Å². The number of urea groups is 1. The average Bonchev–Trinajstić information content (AvgIpc) is 3.41. The number of thioether (sulfide) groups is 1. The second kappa shape index (κ2) is 9.43. The van der Waals surface area contributed by atoms with Crippen LogP contribution in [0.25, 0.3) is 0 Å². The average molecular weight is 439 g/mol. The van der Waals surface area contributed by atoms with Crippen molar-refractivity contribution >= 4 is 40.3 Å². The van der Waals surface area contributed by atoms with Gasteiger partial charge in [0.05, 0.1) is 12.3 Å². The zero-order valence-corrected chi connectivity index (χ0v) is 18.4. The smallest absolute Gasteiger partial charge is 0.321 e. The molecular weight excluding hydrogens is 412 g/mol. The van der Waals surface area contributed by atoms with Crippen LogP contribution in [0.2, 0.25) is 0 Å². The van der Waals surface area contributed by atoms with Crippen molar-refractivity contribution in [1.29, 1.82) is 0 Å². The Balaban J connectivity index is 1.35. The number of benzene rings is 2. The Morgan fingerprint density at radius 3 is 2.45 bits per heavy atom. The van der Waals surface area contributed by atoms with E-state index in [1.165, 1.54) is 23.4 Å². The SMILES string of the molecule is CN(Cc1ccccc1N1CCCC1)C(=O)Nc1ccc(CN2C(=O)CSC2=O)cc1. The number of para-hydroxylation sites is 1. The fourth-order valence-corrected chi connectivity index (χ4v) is 4.59. The highest BCUT2D eigenvalue weighted by Crippen LogP contribution is 2.26. The van der Waals surface area contributed by atoms with E-state index in [9.17, 15) is 14.4 Å². The molecule has 4 amide bonds. The number of hydrogen-bond donors (Lipinski definition) is 1. The first kappa shape index (κ1) is 21.2. The number of carbonyl (C=O) groups is 3. The van der Waals surface area contributed by atoms with E-state index in [1.54, 1.807) is 24.1 Å². The first-order chi connectivity index (χ1) is 15.0. The molecule has 2 saturated heterocycles. The highest BCUT2D eigenvalue weighted by molar-refractivity contribution is 8.14. The van der Waals surface area contributed by atoms with Gasteiger partial charge in [-0.1, -0.05) is 42.1 Å². The molecule has 31 heavy (non-hydrogen) atoms. The predicted octanol–water partition coefficient (Wildman–Crippen LogP) is 4.15. The van der Waals surface area contributed by atoms with Crippen molar-refractivity contribution in [2.24, 2.45) is 0 Å². The lowest BCUT2D eigenvalue weighted by Gasteiger charge is -2.24. The van der Waals surface area contributed by atoms with Crippen LogP contribution in [0.15, 0.2) is 48.5 Å². The molecule has 2 heterocycles. The number of carbonyl (C=O) groups excluding carboxylic acids is 3. The molecule has 0 unspecified atom stereocenters. The normalized spacial score (nSPS) is 16.2. The monoisotopic (exact) mass is 438 g/mol. The molecule has 0 saturated carbocycles. The summed E-state index contributed by atoms with van der Waals surface area (Å²) >= 11 is 1.03. The Kier molecular flexibility index (Phi) is 6.46. The molecule has 2 aromatic rings. The first-order valence-electron chi connectivity index (χ1n) is 10.4. The second-order valence-electron chi connectivity index (χ2n) is 7.84. The lowest BCUT2D eigenvalue weighted by Crippen LogP contribution is -2.31. The maximum Gasteiger partial charge on any atom is 0.321 e. The number of imide groups is 1. The van der Waals surface area contributed by atoms with Gasteiger partial charge in [0, 0.05) is 38.1 Å². The van der Waals surface area contributed by atoms with Crippen molar-refractivity contribution in [3.8, 4) is 0 Å². The predicted molar refractivity (Wildman–Crippen MR) is 123 cm³/mol. The van der Waals surface area contributed by atoms with Crippen molar-refractivity contribution in [3.05, 3.63) is 59.7 Å². The zero-order valence-electron chi connectivity index (χ0n) is 17.5. The van der Waals surface area contributed by atoms with Crippen molar-refractivity contribution in [2.75, 3.05) is 36.1 Å². The number of hydrogen-bond acceptors (Lipinski definition) is 5. The van der Waals surface area contributed by atoms with Crippen LogP contribution in [-0.4, -0.2) is 52.9 Å². The van der Waals surface area contributed by atoms with Crippen LogP contribution < -0.4 is 10.2 Å². The number of amides is 4. The minimum Gasteiger partial charge on any atom is -0.371 e. The summed E-state index contributed by atoms with van der Waals surface area (Å²) in [6.45, 7) is 2.90. The van der Waals surface area contributed by atoms with Crippen molar-refractivity contribution in [3.63, 3.8) is 0 Å². The van der Waals surface area contributed by atoms with Crippen LogP contribution in [0.1, 0.15) is 24.0 Å². The number of anilines is 2. The van der Waals surface area contributed by atoms with Crippen LogP contribution in [0, 0.1) is 0 Å². The van der Waals surface area contributed by atoms with E-state index in [0.29, 0.717) is 12.2 Å². The topological polar surface area (TPSA) is 73.0 Å². The summed E-state index contributed by atoms with van der Waals surface area (Å²) in [5.41, 5.74) is 3.85. The molecule has 1 N–H and O–H groups in total. The quantitative estimate of drug-likeness (QED) is 0.734. The number of rotatable bonds is 6. The van der Waals surface area contributed by atoms with Crippen molar-refractivity contribution in [2.45, 2.75) is 25.9 Å². The van der Waals surface area contributed by atoms with E-state index < -0.39 is 0 Å². The fraction of sp³-hybridized carbons (Fsp3) is 0.348. The van der Waals surface area contributed by atoms with Gasteiger partial charge in [-0.15, -0.1) is 0 Å². The lowest BCUT2D eigenvalue weighted by molar-refractivity contribution is -0.125. The summed E-state index contributed by atoms with van der Waals surface area (Å²) in [6, 6.07) is 15.3. The summed E-state index contributed by atoms with van der Waals surface area (Å²) in [4.78, 5) is 41.5. The van der Waals surface area contributed by atoms with Gasteiger partial charge in [0.15, 0.2) is 0 Å². The van der Waals surface area contributed by atoms with E-state index in [-0.39, 0.29) is 29.5 Å². The fourth-order valence-electron chi connectivity index (χ4n) is 3.87. The minimum absolute atomic E-state index is 0.164. The summed E-state index contributed by atoms with van der Waals surface area (Å²) in [7, 11) is 1.78. The van der Waals surface area contributed by atoms with E-state index >= 15 is 0 Å². The number of nitrogens with one attached hydrogen (secondary N) is 1. The van der Waals surface area contributed by atoms with Crippen LogP contribution >= 0.6 is 11.8 Å². The molecule has 0 aromatic heterocycles. The van der Waals surface area contributed by atoms with E-state index in [4.69, 9.17) is 0 Å². The molecule has 7 nitrogen and oxygen atoms in total. The van der Waals surface area contributed by atoms with Crippen LogP contribution in [0.4, 0.5) is 21.0 Å². The second-order valence-corrected chi connectivity index (χ2v) is 8.77. The van der Waals surface area contributed by atoms with Gasteiger partial charge in [0.2, 0.25) is 5.91 Å². The van der Waals surface area contributed by atoms with Gasteiger partial charge in [0.1, 0.15) is 0 Å². The highest BCUT2D eigenvalue weighted by atomic mass is 32.2. The summed E-state index contributed by atoms with van der Waals surface area (Å²) in [6.07, 6.45) is 2.42. The van der Waals surface area contributed by atoms with Crippen LogP contribution in [0.3, 0.4) is 0 Å². The van der Waals surface area contributed by atoms with Gasteiger partial charge < -0.3 is 15.1 Å². The first-order valence-corrected chi connectivity index (χ1v) is 11.4. The maximum absolute atomic E-state index is 12.7. The molecule has 2 aromatic carbocycles. The Hall–Kier alpha value is -3.00. The van der Waals surface area contributed by atoms with Crippen LogP contribution in [-0.2, 0) is 17.9 Å². The minimum atomic E-state index is -0.210. The van der Waals surface area contributed by atoms with E-state index in [1.807, 2.05) is 24.3 Å². The molecule has 4 rings (SSSR count). The third-order valence-electron chi connectivity index (χ3n) is 5.58.